The van der Waals surface area contributed by atoms with Gasteiger partial charge in [0.15, 0.2) is 5.13 Å². The Hall–Kier alpha value is -3.19. The van der Waals surface area contributed by atoms with Gasteiger partial charge in [0.2, 0.25) is 0 Å². The molecule has 0 spiro atoms. The number of amides is 1. The number of carbonyl (C=O) groups excluding carboxylic acids is 1. The topological polar surface area (TPSA) is 85.8 Å². The maximum atomic E-state index is 15.5. The number of hydrogen-bond donors (Lipinski definition) is 2. The van der Waals surface area contributed by atoms with Crippen molar-refractivity contribution in [1.82, 2.24) is 9.88 Å². The van der Waals surface area contributed by atoms with Crippen molar-refractivity contribution in [1.29, 1.82) is 0 Å². The number of likely N-dealkylation sites (tertiary alicyclic amines) is 1. The predicted octanol–water partition coefficient (Wildman–Crippen LogP) is 8.86. The van der Waals surface area contributed by atoms with Crippen molar-refractivity contribution < 1.29 is 32.3 Å². The number of halogens is 6. The van der Waals surface area contributed by atoms with Crippen molar-refractivity contribution in [2.45, 2.75) is 63.7 Å². The molecule has 1 aliphatic carbocycles. The highest BCUT2D eigenvalue weighted by Crippen LogP contribution is 2.46. The van der Waals surface area contributed by atoms with Gasteiger partial charge in [0.25, 0.3) is 5.91 Å². The molecule has 1 aromatic heterocycles. The first-order valence-electron chi connectivity index (χ1n) is 15.4. The van der Waals surface area contributed by atoms with E-state index in [1.54, 1.807) is 0 Å². The Balaban J connectivity index is 1.33. The number of alkyl halides is 3. The molecule has 2 aromatic carbocycles. The molecule has 2 aliphatic heterocycles. The summed E-state index contributed by atoms with van der Waals surface area (Å²) in [6.07, 6.45) is 3.37. The van der Waals surface area contributed by atoms with E-state index in [4.69, 9.17) is 23.2 Å². The smallest absolute Gasteiger partial charge is 0.419 e. The van der Waals surface area contributed by atoms with Crippen LogP contribution in [0.25, 0.3) is 17.3 Å². The van der Waals surface area contributed by atoms with E-state index in [0.717, 1.165) is 43.2 Å². The standard InChI is InChI=1S/C33H32Cl2F4N4O3S/c1-17(31(45)46)12-22-24(34)13-19(14-25(22)35)29(44)41-32-40-28(21-8-5-9-23(27(21)36)33(37,38)39)30(47-32)42-15-18-10-11-43(26(18)16-42)20-6-3-2-4-7-20/h5,8-9,12-14,18,20,26H,2-4,6-7,10-11,15-16H2,1H3,(H,45,46)(H,40,41,44)/b17-12+. The van der Waals surface area contributed by atoms with Crippen molar-refractivity contribution >= 4 is 62.6 Å². The van der Waals surface area contributed by atoms with Gasteiger partial charge < -0.3 is 10.0 Å². The lowest BCUT2D eigenvalue weighted by atomic mass is 9.93. The second kappa shape index (κ2) is 13.4. The number of aromatic nitrogens is 1. The fraction of sp³-hybridized carbons (Fsp3) is 0.424. The molecule has 3 aliphatic rings. The van der Waals surface area contributed by atoms with Crippen LogP contribution in [0.15, 0.2) is 35.9 Å². The molecule has 2 unspecified atom stereocenters. The zero-order chi connectivity index (χ0) is 33.6. The zero-order valence-corrected chi connectivity index (χ0v) is 27.7. The van der Waals surface area contributed by atoms with E-state index in [-0.39, 0.29) is 49.2 Å². The van der Waals surface area contributed by atoms with Crippen LogP contribution in [0.3, 0.4) is 0 Å². The number of benzene rings is 2. The van der Waals surface area contributed by atoms with Crippen molar-refractivity contribution in [2.75, 3.05) is 29.9 Å². The molecule has 3 fully saturated rings. The molecule has 14 heteroatoms. The molecule has 0 bridgehead atoms. The zero-order valence-electron chi connectivity index (χ0n) is 25.3. The van der Waals surface area contributed by atoms with E-state index >= 15 is 4.39 Å². The number of hydrogen-bond acceptors (Lipinski definition) is 6. The molecule has 2 saturated heterocycles. The van der Waals surface area contributed by atoms with E-state index in [1.165, 1.54) is 50.5 Å². The molecule has 47 heavy (non-hydrogen) atoms. The summed E-state index contributed by atoms with van der Waals surface area (Å²) < 4.78 is 56.6. The van der Waals surface area contributed by atoms with Crippen molar-refractivity contribution in [3.8, 4) is 11.3 Å². The molecule has 6 rings (SSSR count). The van der Waals surface area contributed by atoms with Crippen molar-refractivity contribution in [3.63, 3.8) is 0 Å². The van der Waals surface area contributed by atoms with Gasteiger partial charge in [0, 0.05) is 47.4 Å². The number of anilines is 2. The van der Waals surface area contributed by atoms with Crippen LogP contribution in [0.1, 0.15) is 66.9 Å². The predicted molar refractivity (Wildman–Crippen MR) is 176 cm³/mol. The first-order valence-corrected chi connectivity index (χ1v) is 17.0. The number of carboxylic acid groups (broad SMARTS) is 1. The average molecular weight is 712 g/mol. The highest BCUT2D eigenvalue weighted by atomic mass is 35.5. The molecular formula is C33H32Cl2F4N4O3S. The van der Waals surface area contributed by atoms with E-state index in [9.17, 15) is 27.9 Å². The number of nitrogens with one attached hydrogen (secondary N) is 1. The number of carboxylic acids is 1. The minimum absolute atomic E-state index is 0.0106. The van der Waals surface area contributed by atoms with Crippen LogP contribution in [-0.2, 0) is 11.0 Å². The summed E-state index contributed by atoms with van der Waals surface area (Å²) in [5.41, 5.74) is -1.40. The fourth-order valence-corrected chi connectivity index (χ4v) is 8.61. The first kappa shape index (κ1) is 33.7. The lowest BCUT2D eigenvalue weighted by Gasteiger charge is -2.35. The summed E-state index contributed by atoms with van der Waals surface area (Å²) in [7, 11) is 0. The highest BCUT2D eigenvalue weighted by molar-refractivity contribution is 7.20. The Labute approximate surface area is 283 Å². The van der Waals surface area contributed by atoms with Gasteiger partial charge in [-0.05, 0) is 69.0 Å². The largest absolute Gasteiger partial charge is 0.478 e. The molecule has 3 heterocycles. The second-order valence-electron chi connectivity index (χ2n) is 12.3. The van der Waals surface area contributed by atoms with Gasteiger partial charge in [0.05, 0.1) is 15.6 Å². The van der Waals surface area contributed by atoms with E-state index in [2.05, 4.69) is 20.1 Å². The number of fused-ring (bicyclic) bond motifs is 1. The second-order valence-corrected chi connectivity index (χ2v) is 14.1. The minimum Gasteiger partial charge on any atom is -0.478 e. The quantitative estimate of drug-likeness (QED) is 0.188. The normalized spacial score (nSPS) is 20.9. The van der Waals surface area contributed by atoms with E-state index < -0.39 is 29.4 Å². The van der Waals surface area contributed by atoms with Crippen LogP contribution in [0.4, 0.5) is 27.7 Å². The van der Waals surface area contributed by atoms with Crippen LogP contribution < -0.4 is 10.2 Å². The first-order chi connectivity index (χ1) is 22.3. The van der Waals surface area contributed by atoms with Crippen LogP contribution >= 0.6 is 34.5 Å². The van der Waals surface area contributed by atoms with Gasteiger partial charge >= 0.3 is 12.1 Å². The van der Waals surface area contributed by atoms with Gasteiger partial charge in [-0.1, -0.05) is 59.9 Å². The molecular weight excluding hydrogens is 679 g/mol. The highest BCUT2D eigenvalue weighted by Gasteiger charge is 2.45. The molecule has 1 amide bonds. The Morgan fingerprint density at radius 2 is 1.79 bits per heavy atom. The maximum absolute atomic E-state index is 15.5. The Morgan fingerprint density at radius 3 is 2.45 bits per heavy atom. The monoisotopic (exact) mass is 710 g/mol. The summed E-state index contributed by atoms with van der Waals surface area (Å²) in [6.45, 7) is 3.66. The summed E-state index contributed by atoms with van der Waals surface area (Å²) in [5.74, 6) is -2.88. The SMILES string of the molecule is C/C(=C\c1c(Cl)cc(C(=O)Nc2nc(-c3cccc(C(F)(F)F)c3F)c(N3CC4CCN(C5CCCCC5)C4C3)s2)cc1Cl)C(=O)O. The summed E-state index contributed by atoms with van der Waals surface area (Å²) >= 11 is 13.8. The lowest BCUT2D eigenvalue weighted by molar-refractivity contribution is -0.140. The van der Waals surface area contributed by atoms with E-state index in [0.29, 0.717) is 36.1 Å². The number of thiazole rings is 1. The Kier molecular flexibility index (Phi) is 9.59. The number of rotatable bonds is 7. The third kappa shape index (κ3) is 6.88. The molecule has 2 N–H and O–H groups in total. The fourth-order valence-electron chi connectivity index (χ4n) is 7.02. The molecule has 7 nitrogen and oxygen atoms in total. The Morgan fingerprint density at radius 1 is 1.09 bits per heavy atom. The van der Waals surface area contributed by atoms with Gasteiger partial charge in [-0.15, -0.1) is 0 Å². The van der Waals surface area contributed by atoms with Gasteiger partial charge in [0.1, 0.15) is 16.5 Å². The number of nitrogens with zero attached hydrogens (tertiary/aromatic N) is 3. The van der Waals surface area contributed by atoms with Crippen LogP contribution in [0, 0.1) is 11.7 Å². The van der Waals surface area contributed by atoms with Crippen molar-refractivity contribution in [2.24, 2.45) is 5.92 Å². The van der Waals surface area contributed by atoms with Gasteiger partial charge in [-0.25, -0.2) is 14.2 Å². The van der Waals surface area contributed by atoms with E-state index in [1.807, 2.05) is 0 Å². The minimum atomic E-state index is -4.90. The molecule has 0 radical (unpaired) electrons. The Bertz CT molecular complexity index is 1720. The van der Waals surface area contributed by atoms with Crippen LogP contribution in [0.5, 0.6) is 0 Å². The van der Waals surface area contributed by atoms with Gasteiger partial charge in [-0.3, -0.25) is 15.0 Å². The summed E-state index contributed by atoms with van der Waals surface area (Å²) in [6, 6.07) is 6.56. The third-order valence-electron chi connectivity index (χ3n) is 9.35. The molecule has 1 saturated carbocycles. The summed E-state index contributed by atoms with van der Waals surface area (Å²) in [4.78, 5) is 33.7. The van der Waals surface area contributed by atoms with Crippen LogP contribution in [0.2, 0.25) is 10.0 Å². The third-order valence-corrected chi connectivity index (χ3v) is 11.0. The summed E-state index contributed by atoms with van der Waals surface area (Å²) in [5, 5.41) is 12.5. The lowest BCUT2D eigenvalue weighted by Crippen LogP contribution is -2.43. The average Bonchev–Trinajstić information content (AvgIpc) is 3.73. The molecule has 250 valence electrons. The number of carbonyl (C=O) groups is 2. The number of aliphatic carboxylic acids is 1. The maximum Gasteiger partial charge on any atom is 0.419 e. The molecule has 3 aromatic rings. The van der Waals surface area contributed by atoms with Gasteiger partial charge in [-0.2, -0.15) is 13.2 Å². The van der Waals surface area contributed by atoms with Crippen molar-refractivity contribution in [3.05, 3.63) is 68.5 Å². The molecule has 2 atom stereocenters. The van der Waals surface area contributed by atoms with Crippen LogP contribution in [-0.4, -0.2) is 58.6 Å².